The van der Waals surface area contributed by atoms with E-state index in [9.17, 15) is 4.39 Å². The Hall–Kier alpha value is -1.63. The van der Waals surface area contributed by atoms with E-state index in [4.69, 9.17) is 0 Å². The van der Waals surface area contributed by atoms with Crippen LogP contribution in [0, 0.1) is 0 Å². The van der Waals surface area contributed by atoms with Gasteiger partial charge in [0, 0.05) is 0 Å². The molecular formula is C16H17F. The van der Waals surface area contributed by atoms with Gasteiger partial charge in [-0.1, -0.05) is 55.5 Å². The van der Waals surface area contributed by atoms with Gasteiger partial charge in [-0.25, -0.2) is 4.39 Å². The molecule has 2 aromatic carbocycles. The van der Waals surface area contributed by atoms with Gasteiger partial charge in [0.1, 0.15) is 6.17 Å². The van der Waals surface area contributed by atoms with Crippen LogP contribution in [0.4, 0.5) is 4.39 Å². The van der Waals surface area contributed by atoms with Crippen LogP contribution in [0.15, 0.2) is 48.5 Å². The summed E-state index contributed by atoms with van der Waals surface area (Å²) >= 11 is 0. The minimum Gasteiger partial charge on any atom is -0.243 e. The first kappa shape index (κ1) is 11.8. The fourth-order valence-electron chi connectivity index (χ4n) is 1.87. The minimum absolute atomic E-state index is 0.735. The zero-order chi connectivity index (χ0) is 12.3. The van der Waals surface area contributed by atoms with Crippen LogP contribution in [-0.2, 0) is 6.42 Å². The van der Waals surface area contributed by atoms with E-state index in [0.717, 1.165) is 17.5 Å². The molecule has 1 atom stereocenters. The van der Waals surface area contributed by atoms with Gasteiger partial charge >= 0.3 is 0 Å². The molecule has 0 aliphatic carbocycles. The third kappa shape index (κ3) is 2.73. The van der Waals surface area contributed by atoms with E-state index in [-0.39, 0.29) is 0 Å². The SMILES string of the molecule is CCc1ccc(-c2ccc(C(C)F)cc2)cc1. The molecule has 0 nitrogen and oxygen atoms in total. The summed E-state index contributed by atoms with van der Waals surface area (Å²) in [6.45, 7) is 3.71. The van der Waals surface area contributed by atoms with Crippen LogP contribution in [0.1, 0.15) is 31.1 Å². The van der Waals surface area contributed by atoms with E-state index in [2.05, 4.69) is 31.2 Å². The Kier molecular flexibility index (Phi) is 3.58. The second-order valence-corrected chi connectivity index (χ2v) is 4.29. The summed E-state index contributed by atoms with van der Waals surface area (Å²) in [5.74, 6) is 0. The monoisotopic (exact) mass is 228 g/mol. The van der Waals surface area contributed by atoms with E-state index in [0.29, 0.717) is 0 Å². The highest BCUT2D eigenvalue weighted by atomic mass is 19.1. The highest BCUT2D eigenvalue weighted by Gasteiger charge is 2.03. The van der Waals surface area contributed by atoms with Gasteiger partial charge in [0.05, 0.1) is 0 Å². The number of halogens is 1. The average Bonchev–Trinajstić information content (AvgIpc) is 2.39. The Balaban J connectivity index is 2.26. The summed E-state index contributed by atoms with van der Waals surface area (Å²) in [6, 6.07) is 16.2. The van der Waals surface area contributed by atoms with Crippen molar-refractivity contribution >= 4 is 0 Å². The number of hydrogen-bond donors (Lipinski definition) is 0. The van der Waals surface area contributed by atoms with Crippen molar-refractivity contribution in [1.29, 1.82) is 0 Å². The number of alkyl halides is 1. The maximum absolute atomic E-state index is 13.1. The summed E-state index contributed by atoms with van der Waals surface area (Å²) in [5.41, 5.74) is 4.39. The summed E-state index contributed by atoms with van der Waals surface area (Å²) in [4.78, 5) is 0. The molecule has 0 fully saturated rings. The Bertz CT molecular complexity index is 466. The van der Waals surface area contributed by atoms with E-state index in [1.165, 1.54) is 11.1 Å². The lowest BCUT2D eigenvalue weighted by molar-refractivity contribution is 0.374. The van der Waals surface area contributed by atoms with Gasteiger partial charge in [0.2, 0.25) is 0 Å². The van der Waals surface area contributed by atoms with Gasteiger partial charge in [-0.3, -0.25) is 0 Å². The van der Waals surface area contributed by atoms with Crippen LogP contribution in [0.5, 0.6) is 0 Å². The summed E-state index contributed by atoms with van der Waals surface area (Å²) in [5, 5.41) is 0. The van der Waals surface area contributed by atoms with Gasteiger partial charge in [-0.05, 0) is 35.6 Å². The first-order chi connectivity index (χ1) is 8.20. The first-order valence-corrected chi connectivity index (χ1v) is 6.04. The predicted molar refractivity (Wildman–Crippen MR) is 70.8 cm³/mol. The largest absolute Gasteiger partial charge is 0.243 e. The molecular weight excluding hydrogens is 211 g/mol. The molecule has 2 aromatic rings. The normalized spacial score (nSPS) is 12.4. The number of rotatable bonds is 3. The van der Waals surface area contributed by atoms with Crippen molar-refractivity contribution in [2.45, 2.75) is 26.4 Å². The molecule has 2 rings (SSSR count). The summed E-state index contributed by atoms with van der Waals surface area (Å²) in [6.07, 6.45) is 0.157. The van der Waals surface area contributed by atoms with Crippen LogP contribution in [-0.4, -0.2) is 0 Å². The first-order valence-electron chi connectivity index (χ1n) is 6.04. The quantitative estimate of drug-likeness (QED) is 0.697. The number of hydrogen-bond acceptors (Lipinski definition) is 0. The lowest BCUT2D eigenvalue weighted by Crippen LogP contribution is -1.86. The van der Waals surface area contributed by atoms with E-state index >= 15 is 0 Å². The van der Waals surface area contributed by atoms with Crippen LogP contribution >= 0.6 is 0 Å². The molecule has 1 unspecified atom stereocenters. The molecule has 0 bridgehead atoms. The molecule has 1 heteroatoms. The number of aryl methyl sites for hydroxylation is 1. The van der Waals surface area contributed by atoms with Crippen molar-refractivity contribution in [3.05, 3.63) is 59.7 Å². The Morgan fingerprint density at radius 3 is 1.76 bits per heavy atom. The van der Waals surface area contributed by atoms with Crippen molar-refractivity contribution in [2.75, 3.05) is 0 Å². The van der Waals surface area contributed by atoms with Gasteiger partial charge in [-0.15, -0.1) is 0 Å². The van der Waals surface area contributed by atoms with Crippen molar-refractivity contribution in [3.8, 4) is 11.1 Å². The average molecular weight is 228 g/mol. The summed E-state index contributed by atoms with van der Waals surface area (Å²) < 4.78 is 13.1. The van der Waals surface area contributed by atoms with E-state index < -0.39 is 6.17 Å². The highest BCUT2D eigenvalue weighted by Crippen LogP contribution is 2.23. The Morgan fingerprint density at radius 1 is 0.882 bits per heavy atom. The third-order valence-electron chi connectivity index (χ3n) is 3.07. The molecule has 88 valence electrons. The van der Waals surface area contributed by atoms with Gasteiger partial charge in [-0.2, -0.15) is 0 Å². The maximum atomic E-state index is 13.1. The molecule has 0 amide bonds. The predicted octanol–water partition coefficient (Wildman–Crippen LogP) is 4.95. The third-order valence-corrected chi connectivity index (χ3v) is 3.07. The second-order valence-electron chi connectivity index (χ2n) is 4.29. The van der Waals surface area contributed by atoms with Crippen molar-refractivity contribution < 1.29 is 4.39 Å². The zero-order valence-corrected chi connectivity index (χ0v) is 10.3. The standard InChI is InChI=1S/C16H17F/c1-3-13-4-6-15(7-5-13)16-10-8-14(9-11-16)12(2)17/h4-12H,3H2,1-2H3. The molecule has 0 aliphatic rings. The van der Waals surface area contributed by atoms with E-state index in [1.807, 2.05) is 24.3 Å². The molecule has 0 N–H and O–H groups in total. The van der Waals surface area contributed by atoms with Crippen LogP contribution in [0.25, 0.3) is 11.1 Å². The fourth-order valence-corrected chi connectivity index (χ4v) is 1.87. The molecule has 0 radical (unpaired) electrons. The molecule has 17 heavy (non-hydrogen) atoms. The summed E-state index contributed by atoms with van der Waals surface area (Å²) in [7, 11) is 0. The molecule has 0 saturated heterocycles. The lowest BCUT2D eigenvalue weighted by atomic mass is 10.0. The topological polar surface area (TPSA) is 0 Å². The molecule has 0 aromatic heterocycles. The van der Waals surface area contributed by atoms with Crippen LogP contribution in [0.3, 0.4) is 0 Å². The van der Waals surface area contributed by atoms with Gasteiger partial charge in [0.25, 0.3) is 0 Å². The lowest BCUT2D eigenvalue weighted by Gasteiger charge is -2.06. The highest BCUT2D eigenvalue weighted by molar-refractivity contribution is 5.64. The Morgan fingerprint density at radius 2 is 1.35 bits per heavy atom. The van der Waals surface area contributed by atoms with Gasteiger partial charge in [0.15, 0.2) is 0 Å². The molecule has 0 saturated carbocycles. The van der Waals surface area contributed by atoms with Crippen molar-refractivity contribution in [1.82, 2.24) is 0 Å². The Labute approximate surface area is 102 Å². The van der Waals surface area contributed by atoms with Crippen LogP contribution in [0.2, 0.25) is 0 Å². The molecule has 0 aliphatic heterocycles. The number of benzene rings is 2. The second kappa shape index (κ2) is 5.13. The zero-order valence-electron chi connectivity index (χ0n) is 10.3. The smallest absolute Gasteiger partial charge is 0.122 e. The van der Waals surface area contributed by atoms with Gasteiger partial charge < -0.3 is 0 Å². The van der Waals surface area contributed by atoms with Crippen LogP contribution < -0.4 is 0 Å². The maximum Gasteiger partial charge on any atom is 0.122 e. The van der Waals surface area contributed by atoms with Crippen molar-refractivity contribution in [2.24, 2.45) is 0 Å². The fraction of sp³-hybridized carbons (Fsp3) is 0.250. The molecule has 0 heterocycles. The molecule has 0 spiro atoms. The van der Waals surface area contributed by atoms with E-state index in [1.54, 1.807) is 6.92 Å². The van der Waals surface area contributed by atoms with Crippen molar-refractivity contribution in [3.63, 3.8) is 0 Å². The minimum atomic E-state index is -0.897.